The van der Waals surface area contributed by atoms with E-state index >= 15 is 0 Å². The highest BCUT2D eigenvalue weighted by atomic mass is 16.2. The van der Waals surface area contributed by atoms with Crippen molar-refractivity contribution in [2.75, 3.05) is 6.54 Å². The van der Waals surface area contributed by atoms with Gasteiger partial charge in [-0.05, 0) is 51.0 Å². The van der Waals surface area contributed by atoms with Crippen LogP contribution >= 0.6 is 0 Å². The molecule has 2 N–H and O–H groups in total. The minimum Gasteiger partial charge on any atom is -0.352 e. The number of piperidine rings is 1. The van der Waals surface area contributed by atoms with Gasteiger partial charge in [0.05, 0.1) is 6.04 Å². The predicted octanol–water partition coefficient (Wildman–Crippen LogP) is 2.46. The summed E-state index contributed by atoms with van der Waals surface area (Å²) in [4.78, 5) is 12.3. The monoisotopic (exact) mass is 252 g/mol. The molecule has 18 heavy (non-hydrogen) atoms. The Morgan fingerprint density at radius 2 is 1.89 bits per heavy atom. The quantitative estimate of drug-likeness (QED) is 0.810. The van der Waals surface area contributed by atoms with E-state index in [1.165, 1.54) is 44.9 Å². The number of nitrogens with one attached hydrogen (secondary N) is 2. The van der Waals surface area contributed by atoms with Crippen LogP contribution in [0.2, 0.25) is 0 Å². The zero-order valence-electron chi connectivity index (χ0n) is 11.9. The molecule has 0 bridgehead atoms. The standard InChI is InChI=1S/C15H28N2O/c1-11-7-6-10-16-14(11)15(18)17-12(2)13-8-4-3-5-9-13/h11-14,16H,3-10H2,1-2H3,(H,17,18). The van der Waals surface area contributed by atoms with Gasteiger partial charge in [-0.3, -0.25) is 4.79 Å². The first-order valence-corrected chi connectivity index (χ1v) is 7.72. The summed E-state index contributed by atoms with van der Waals surface area (Å²) in [5, 5.41) is 6.61. The predicted molar refractivity (Wildman–Crippen MR) is 74.4 cm³/mol. The third-order valence-corrected chi connectivity index (χ3v) is 4.78. The van der Waals surface area contributed by atoms with Crippen molar-refractivity contribution in [2.24, 2.45) is 11.8 Å². The molecule has 0 aromatic rings. The lowest BCUT2D eigenvalue weighted by atomic mass is 9.84. The lowest BCUT2D eigenvalue weighted by Gasteiger charge is -2.33. The first-order valence-electron chi connectivity index (χ1n) is 7.72. The first-order chi connectivity index (χ1) is 8.68. The molecular weight excluding hydrogens is 224 g/mol. The fourth-order valence-corrected chi connectivity index (χ4v) is 3.47. The molecule has 2 aliphatic rings. The molecule has 0 aromatic carbocycles. The summed E-state index contributed by atoms with van der Waals surface area (Å²) in [6, 6.07) is 0.374. The van der Waals surface area contributed by atoms with Gasteiger partial charge >= 0.3 is 0 Å². The van der Waals surface area contributed by atoms with Crippen molar-refractivity contribution in [2.45, 2.75) is 70.9 Å². The fraction of sp³-hybridized carbons (Fsp3) is 0.933. The second-order valence-corrected chi connectivity index (χ2v) is 6.25. The maximum Gasteiger partial charge on any atom is 0.237 e. The van der Waals surface area contributed by atoms with Crippen LogP contribution in [-0.4, -0.2) is 24.5 Å². The Balaban J connectivity index is 1.81. The van der Waals surface area contributed by atoms with Crippen molar-refractivity contribution in [1.82, 2.24) is 10.6 Å². The second kappa shape index (κ2) is 6.55. The zero-order chi connectivity index (χ0) is 13.0. The van der Waals surface area contributed by atoms with Crippen LogP contribution in [0, 0.1) is 11.8 Å². The summed E-state index contributed by atoms with van der Waals surface area (Å²) in [7, 11) is 0. The zero-order valence-corrected chi connectivity index (χ0v) is 11.9. The van der Waals surface area contributed by atoms with Gasteiger partial charge in [0.15, 0.2) is 0 Å². The third kappa shape index (κ3) is 3.47. The van der Waals surface area contributed by atoms with Crippen LogP contribution < -0.4 is 10.6 Å². The fourth-order valence-electron chi connectivity index (χ4n) is 3.47. The Bertz CT molecular complexity index is 274. The molecule has 1 aliphatic heterocycles. The topological polar surface area (TPSA) is 41.1 Å². The number of rotatable bonds is 3. The number of carbonyl (C=O) groups excluding carboxylic acids is 1. The van der Waals surface area contributed by atoms with Gasteiger partial charge in [-0.1, -0.05) is 26.2 Å². The van der Waals surface area contributed by atoms with Crippen molar-refractivity contribution < 1.29 is 4.79 Å². The van der Waals surface area contributed by atoms with Crippen LogP contribution in [0.4, 0.5) is 0 Å². The summed E-state index contributed by atoms with van der Waals surface area (Å²) in [5.41, 5.74) is 0. The molecule has 3 heteroatoms. The molecule has 0 radical (unpaired) electrons. The van der Waals surface area contributed by atoms with Gasteiger partial charge in [-0.2, -0.15) is 0 Å². The van der Waals surface area contributed by atoms with Crippen LogP contribution in [0.5, 0.6) is 0 Å². The Labute approximate surface area is 111 Å². The van der Waals surface area contributed by atoms with Gasteiger partial charge < -0.3 is 10.6 Å². The van der Waals surface area contributed by atoms with Crippen LogP contribution in [0.3, 0.4) is 0 Å². The maximum atomic E-state index is 12.3. The van der Waals surface area contributed by atoms with E-state index < -0.39 is 0 Å². The van der Waals surface area contributed by atoms with Crippen molar-refractivity contribution in [3.05, 3.63) is 0 Å². The Kier molecular flexibility index (Phi) is 5.04. The van der Waals surface area contributed by atoms with Crippen LogP contribution in [0.1, 0.15) is 58.8 Å². The molecule has 1 amide bonds. The SMILES string of the molecule is CC1CCCNC1C(=O)NC(C)C1CCCCC1. The highest BCUT2D eigenvalue weighted by Crippen LogP contribution is 2.26. The second-order valence-electron chi connectivity index (χ2n) is 6.25. The first kappa shape index (κ1) is 13.9. The summed E-state index contributed by atoms with van der Waals surface area (Å²) in [6.45, 7) is 5.35. The van der Waals surface area contributed by atoms with Crippen molar-refractivity contribution >= 4 is 5.91 Å². The van der Waals surface area contributed by atoms with E-state index in [2.05, 4.69) is 24.5 Å². The van der Waals surface area contributed by atoms with E-state index in [0.29, 0.717) is 17.9 Å². The van der Waals surface area contributed by atoms with Crippen LogP contribution in [0.25, 0.3) is 0 Å². The van der Waals surface area contributed by atoms with Crippen molar-refractivity contribution in [3.8, 4) is 0 Å². The average molecular weight is 252 g/mol. The molecule has 104 valence electrons. The van der Waals surface area contributed by atoms with Crippen LogP contribution in [-0.2, 0) is 4.79 Å². The van der Waals surface area contributed by atoms with Gasteiger partial charge in [0.2, 0.25) is 5.91 Å². The average Bonchev–Trinajstić information content (AvgIpc) is 2.40. The lowest BCUT2D eigenvalue weighted by Crippen LogP contribution is -2.53. The molecule has 1 heterocycles. The largest absolute Gasteiger partial charge is 0.352 e. The minimum atomic E-state index is 0.0322. The molecule has 2 fully saturated rings. The van der Waals surface area contributed by atoms with E-state index in [-0.39, 0.29) is 11.9 Å². The van der Waals surface area contributed by atoms with E-state index in [1.54, 1.807) is 0 Å². The Morgan fingerprint density at radius 3 is 2.56 bits per heavy atom. The van der Waals surface area contributed by atoms with E-state index in [4.69, 9.17) is 0 Å². The molecule has 1 aliphatic carbocycles. The molecule has 3 nitrogen and oxygen atoms in total. The van der Waals surface area contributed by atoms with Crippen LogP contribution in [0.15, 0.2) is 0 Å². The van der Waals surface area contributed by atoms with Crippen molar-refractivity contribution in [1.29, 1.82) is 0 Å². The third-order valence-electron chi connectivity index (χ3n) is 4.78. The minimum absolute atomic E-state index is 0.0322. The molecule has 2 rings (SSSR count). The molecule has 1 saturated carbocycles. The molecular formula is C15H28N2O. The molecule has 3 unspecified atom stereocenters. The lowest BCUT2D eigenvalue weighted by molar-refractivity contribution is -0.125. The normalized spacial score (nSPS) is 31.9. The van der Waals surface area contributed by atoms with Gasteiger partial charge in [0.25, 0.3) is 0 Å². The molecule has 0 spiro atoms. The number of carbonyl (C=O) groups is 1. The molecule has 0 aromatic heterocycles. The van der Waals surface area contributed by atoms with Gasteiger partial charge in [-0.15, -0.1) is 0 Å². The van der Waals surface area contributed by atoms with Crippen molar-refractivity contribution in [3.63, 3.8) is 0 Å². The Hall–Kier alpha value is -0.570. The summed E-state index contributed by atoms with van der Waals surface area (Å²) >= 11 is 0. The summed E-state index contributed by atoms with van der Waals surface area (Å²) < 4.78 is 0. The Morgan fingerprint density at radius 1 is 1.17 bits per heavy atom. The maximum absolute atomic E-state index is 12.3. The molecule has 3 atom stereocenters. The summed E-state index contributed by atoms with van der Waals surface area (Å²) in [6.07, 6.45) is 8.99. The highest BCUT2D eigenvalue weighted by Gasteiger charge is 2.29. The number of amides is 1. The number of hydrogen-bond acceptors (Lipinski definition) is 2. The highest BCUT2D eigenvalue weighted by molar-refractivity contribution is 5.82. The van der Waals surface area contributed by atoms with Gasteiger partial charge in [0, 0.05) is 6.04 Å². The smallest absolute Gasteiger partial charge is 0.237 e. The van der Waals surface area contributed by atoms with Gasteiger partial charge in [-0.25, -0.2) is 0 Å². The van der Waals surface area contributed by atoms with Gasteiger partial charge in [0.1, 0.15) is 0 Å². The molecule has 1 saturated heterocycles. The van der Waals surface area contributed by atoms with E-state index in [9.17, 15) is 4.79 Å². The summed E-state index contributed by atoms with van der Waals surface area (Å²) in [5.74, 6) is 1.39. The van der Waals surface area contributed by atoms with E-state index in [1.807, 2.05) is 0 Å². The van der Waals surface area contributed by atoms with E-state index in [0.717, 1.165) is 6.54 Å². The number of hydrogen-bond donors (Lipinski definition) is 2.